The Morgan fingerprint density at radius 1 is 0.516 bits per heavy atom. The molecule has 180 valence electrons. The van der Waals surface area contributed by atoms with Crippen LogP contribution in [-0.2, 0) is 0 Å². The zero-order valence-corrected chi connectivity index (χ0v) is 21.3. The van der Waals surface area contributed by atoms with Gasteiger partial charge in [-0.2, -0.15) is 0 Å². The molecule has 3 aliphatic carbocycles. The number of rotatable bonds is 2. The van der Waals surface area contributed by atoms with E-state index in [1.807, 2.05) is 13.8 Å². The van der Waals surface area contributed by atoms with Crippen LogP contribution in [0.2, 0.25) is 0 Å². The number of benzene rings is 1. The predicted molar refractivity (Wildman–Crippen MR) is 142 cm³/mol. The zero-order valence-electron chi connectivity index (χ0n) is 21.3. The van der Waals surface area contributed by atoms with Crippen molar-refractivity contribution in [1.82, 2.24) is 0 Å². The lowest BCUT2D eigenvalue weighted by molar-refractivity contribution is 0.155. The van der Waals surface area contributed by atoms with Crippen LogP contribution in [0.4, 0.5) is 0 Å². The van der Waals surface area contributed by atoms with Crippen LogP contribution < -0.4 is 0 Å². The number of hydrogen-bond donors (Lipinski definition) is 0. The smallest absolute Gasteiger partial charge is 0.0162 e. The third kappa shape index (κ3) is 9.71. The minimum Gasteiger partial charge on any atom is -0.0776 e. The van der Waals surface area contributed by atoms with E-state index in [9.17, 15) is 0 Å². The molecular formula is C31H56. The van der Waals surface area contributed by atoms with Crippen LogP contribution in [-0.4, -0.2) is 0 Å². The third-order valence-electron chi connectivity index (χ3n) is 8.35. The normalized spacial score (nSPS) is 33.0. The first-order valence-corrected chi connectivity index (χ1v) is 13.6. The van der Waals surface area contributed by atoms with Crippen LogP contribution in [0.25, 0.3) is 0 Å². The quantitative estimate of drug-likeness (QED) is 0.439. The minimum absolute atomic E-state index is 0. The van der Waals surface area contributed by atoms with Gasteiger partial charge in [0, 0.05) is 0 Å². The Hall–Kier alpha value is -0.780. The summed E-state index contributed by atoms with van der Waals surface area (Å²) in [5.41, 5.74) is 2.93. The Kier molecular flexibility index (Phi) is 13.8. The highest BCUT2D eigenvalue weighted by Gasteiger charge is 2.28. The van der Waals surface area contributed by atoms with Crippen LogP contribution in [0, 0.1) is 36.5 Å². The maximum atomic E-state index is 2.43. The van der Waals surface area contributed by atoms with Crippen molar-refractivity contribution in [3.63, 3.8) is 0 Å². The minimum atomic E-state index is 0. The molecule has 0 aromatic heterocycles. The largest absolute Gasteiger partial charge is 0.0776 e. The second-order valence-electron chi connectivity index (χ2n) is 10.9. The molecule has 0 N–H and O–H groups in total. The lowest BCUT2D eigenvalue weighted by Gasteiger charge is -2.36. The second-order valence-corrected chi connectivity index (χ2v) is 10.9. The fraction of sp³-hybridized carbons (Fsp3) is 0.806. The monoisotopic (exact) mass is 428 g/mol. The van der Waals surface area contributed by atoms with E-state index in [2.05, 4.69) is 52.0 Å². The average molecular weight is 429 g/mol. The van der Waals surface area contributed by atoms with Gasteiger partial charge < -0.3 is 0 Å². The Morgan fingerprint density at radius 2 is 0.839 bits per heavy atom. The van der Waals surface area contributed by atoms with Crippen molar-refractivity contribution in [2.75, 3.05) is 0 Å². The SMILES string of the molecule is C.CC.CC1CCC(C2CCC(C)CC2)CC1.Cc1ccc(C2CCC(C)CC2)cc1. The molecule has 1 aromatic rings. The van der Waals surface area contributed by atoms with Gasteiger partial charge in [0.05, 0.1) is 0 Å². The first-order valence-electron chi connectivity index (χ1n) is 13.6. The predicted octanol–water partition coefficient (Wildman–Crippen LogP) is 10.6. The van der Waals surface area contributed by atoms with E-state index in [-0.39, 0.29) is 7.43 Å². The van der Waals surface area contributed by atoms with E-state index in [1.165, 1.54) is 56.9 Å². The van der Waals surface area contributed by atoms with Gasteiger partial charge in [-0.15, -0.1) is 0 Å². The molecule has 0 heteroatoms. The van der Waals surface area contributed by atoms with Gasteiger partial charge in [-0.1, -0.05) is 110 Å². The van der Waals surface area contributed by atoms with Crippen LogP contribution in [0.5, 0.6) is 0 Å². The number of hydrogen-bond acceptors (Lipinski definition) is 0. The average Bonchev–Trinajstić information content (AvgIpc) is 2.78. The van der Waals surface area contributed by atoms with E-state index in [1.54, 1.807) is 31.2 Å². The molecule has 31 heavy (non-hydrogen) atoms. The molecule has 1 aromatic carbocycles. The maximum absolute atomic E-state index is 2.43. The van der Waals surface area contributed by atoms with Gasteiger partial charge in [0.15, 0.2) is 0 Å². The van der Waals surface area contributed by atoms with E-state index in [0.29, 0.717) is 0 Å². The van der Waals surface area contributed by atoms with Crippen molar-refractivity contribution in [3.05, 3.63) is 35.4 Å². The molecule has 3 saturated carbocycles. The van der Waals surface area contributed by atoms with Gasteiger partial charge in [-0.25, -0.2) is 0 Å². The Bertz CT molecular complexity index is 512. The van der Waals surface area contributed by atoms with Gasteiger partial charge in [-0.3, -0.25) is 0 Å². The van der Waals surface area contributed by atoms with Crippen molar-refractivity contribution >= 4 is 0 Å². The molecule has 3 aliphatic rings. The summed E-state index contributed by atoms with van der Waals surface area (Å²) in [4.78, 5) is 0. The summed E-state index contributed by atoms with van der Waals surface area (Å²) in [6.07, 6.45) is 17.8. The standard InChI is InChI=1S/C14H26.C14H20.C2H6.CH4/c2*1-11-3-7-13(8-4-11)14-9-5-12(2)6-10-14;1-2;/h11-14H,3-10H2,1-2H3;3-4,7-8,12,14H,5-6,9-10H2,1-2H3;1-2H3;1H4. The highest BCUT2D eigenvalue weighted by atomic mass is 14.3. The van der Waals surface area contributed by atoms with E-state index in [4.69, 9.17) is 0 Å². The van der Waals surface area contributed by atoms with Crippen molar-refractivity contribution < 1.29 is 0 Å². The van der Waals surface area contributed by atoms with Gasteiger partial charge in [-0.05, 0) is 86.5 Å². The molecule has 0 heterocycles. The van der Waals surface area contributed by atoms with Gasteiger partial charge in [0.1, 0.15) is 0 Å². The molecule has 0 unspecified atom stereocenters. The molecule has 0 spiro atoms. The van der Waals surface area contributed by atoms with Crippen LogP contribution in [0.3, 0.4) is 0 Å². The Balaban J connectivity index is 0.000000279. The van der Waals surface area contributed by atoms with Crippen molar-refractivity contribution in [2.24, 2.45) is 29.6 Å². The molecule has 0 bridgehead atoms. The molecule has 0 radical (unpaired) electrons. The first-order chi connectivity index (χ1) is 14.5. The topological polar surface area (TPSA) is 0 Å². The van der Waals surface area contributed by atoms with Crippen LogP contribution in [0.15, 0.2) is 24.3 Å². The fourth-order valence-corrected chi connectivity index (χ4v) is 5.95. The summed E-state index contributed by atoms with van der Waals surface area (Å²) in [5.74, 6) is 6.06. The molecular weight excluding hydrogens is 372 g/mol. The lowest BCUT2D eigenvalue weighted by atomic mass is 9.70. The Labute approximate surface area is 197 Å². The molecule has 4 rings (SSSR count). The molecule has 0 nitrogen and oxygen atoms in total. The van der Waals surface area contributed by atoms with E-state index < -0.39 is 0 Å². The van der Waals surface area contributed by atoms with Gasteiger partial charge in [0.2, 0.25) is 0 Å². The summed E-state index contributed by atoms with van der Waals surface area (Å²) in [6, 6.07) is 9.12. The summed E-state index contributed by atoms with van der Waals surface area (Å²) in [7, 11) is 0. The first kappa shape index (κ1) is 28.3. The van der Waals surface area contributed by atoms with E-state index in [0.717, 1.165) is 35.5 Å². The van der Waals surface area contributed by atoms with Crippen molar-refractivity contribution in [3.8, 4) is 0 Å². The van der Waals surface area contributed by atoms with Gasteiger partial charge >= 0.3 is 0 Å². The molecule has 0 atom stereocenters. The van der Waals surface area contributed by atoms with Crippen LogP contribution >= 0.6 is 0 Å². The summed E-state index contributed by atoms with van der Waals surface area (Å²) in [6.45, 7) is 13.4. The highest BCUT2D eigenvalue weighted by Crippen LogP contribution is 2.41. The molecule has 3 fully saturated rings. The lowest BCUT2D eigenvalue weighted by Crippen LogP contribution is -2.24. The van der Waals surface area contributed by atoms with Crippen LogP contribution in [0.1, 0.15) is 136 Å². The number of aryl methyl sites for hydroxylation is 1. The molecule has 0 saturated heterocycles. The summed E-state index contributed by atoms with van der Waals surface area (Å²) < 4.78 is 0. The van der Waals surface area contributed by atoms with Gasteiger partial charge in [0.25, 0.3) is 0 Å². The summed E-state index contributed by atoms with van der Waals surface area (Å²) >= 11 is 0. The molecule has 0 aliphatic heterocycles. The van der Waals surface area contributed by atoms with E-state index >= 15 is 0 Å². The molecule has 0 amide bonds. The zero-order chi connectivity index (χ0) is 21.9. The summed E-state index contributed by atoms with van der Waals surface area (Å²) in [5, 5.41) is 0. The maximum Gasteiger partial charge on any atom is -0.0162 e. The van der Waals surface area contributed by atoms with Crippen molar-refractivity contribution in [2.45, 2.75) is 132 Å². The highest BCUT2D eigenvalue weighted by molar-refractivity contribution is 5.24. The second kappa shape index (κ2) is 15.1. The Morgan fingerprint density at radius 3 is 1.19 bits per heavy atom. The van der Waals surface area contributed by atoms with Crippen molar-refractivity contribution in [1.29, 1.82) is 0 Å². The third-order valence-corrected chi connectivity index (χ3v) is 8.35. The fourth-order valence-electron chi connectivity index (χ4n) is 5.95.